The van der Waals surface area contributed by atoms with Gasteiger partial charge >= 0.3 is 5.97 Å². The van der Waals surface area contributed by atoms with Gasteiger partial charge < -0.3 is 15.2 Å². The fraction of sp³-hybridized carbons (Fsp3) is 0.562. The molecule has 112 valence electrons. The quantitative estimate of drug-likeness (QED) is 0.424. The van der Waals surface area contributed by atoms with Crippen molar-refractivity contribution < 1.29 is 14.3 Å². The monoisotopic (exact) mass is 279 g/mol. The number of ether oxygens (including phenoxy) is 2. The van der Waals surface area contributed by atoms with Gasteiger partial charge in [-0.15, -0.1) is 0 Å². The summed E-state index contributed by atoms with van der Waals surface area (Å²) >= 11 is 0. The average molecular weight is 279 g/mol. The van der Waals surface area contributed by atoms with Gasteiger partial charge in [-0.3, -0.25) is 0 Å². The van der Waals surface area contributed by atoms with Crippen molar-refractivity contribution in [3.8, 4) is 5.75 Å². The van der Waals surface area contributed by atoms with Crippen molar-refractivity contribution in [2.24, 2.45) is 0 Å². The number of carbonyl (C=O) groups excluding carboxylic acids is 1. The van der Waals surface area contributed by atoms with E-state index in [0.717, 1.165) is 12.8 Å². The van der Waals surface area contributed by atoms with Gasteiger partial charge in [0.25, 0.3) is 0 Å². The third-order valence-electron chi connectivity index (χ3n) is 3.21. The zero-order chi connectivity index (χ0) is 14.8. The number of benzene rings is 1. The molecular weight excluding hydrogens is 254 g/mol. The molecule has 0 aliphatic carbocycles. The van der Waals surface area contributed by atoms with Gasteiger partial charge in [0.15, 0.2) is 0 Å². The number of esters is 1. The maximum atomic E-state index is 11.9. The van der Waals surface area contributed by atoms with Crippen molar-refractivity contribution in [3.05, 3.63) is 23.8 Å². The predicted molar refractivity (Wildman–Crippen MR) is 81.1 cm³/mol. The zero-order valence-electron chi connectivity index (χ0n) is 12.5. The van der Waals surface area contributed by atoms with Crippen molar-refractivity contribution in [1.82, 2.24) is 0 Å². The highest BCUT2D eigenvalue weighted by Crippen LogP contribution is 2.20. The first kappa shape index (κ1) is 16.3. The van der Waals surface area contributed by atoms with Gasteiger partial charge in [-0.05, 0) is 24.6 Å². The molecule has 0 saturated carbocycles. The standard InChI is InChI=1S/C16H25NO3/c1-3-4-5-6-7-8-11-20-16(18)14-12-13(19-2)9-10-15(14)17/h9-10,12H,3-8,11,17H2,1-2H3. The molecule has 0 amide bonds. The van der Waals surface area contributed by atoms with Crippen LogP contribution in [0.2, 0.25) is 0 Å². The molecule has 0 spiro atoms. The van der Waals surface area contributed by atoms with Gasteiger partial charge in [-0.2, -0.15) is 0 Å². The predicted octanol–water partition coefficient (Wildman–Crippen LogP) is 3.79. The Labute approximate surface area is 121 Å². The zero-order valence-corrected chi connectivity index (χ0v) is 12.5. The van der Waals surface area contributed by atoms with E-state index in [1.54, 1.807) is 25.3 Å². The lowest BCUT2D eigenvalue weighted by molar-refractivity contribution is 0.0498. The Morgan fingerprint density at radius 1 is 1.15 bits per heavy atom. The first-order valence-electron chi connectivity index (χ1n) is 7.29. The number of methoxy groups -OCH3 is 1. The number of unbranched alkanes of at least 4 members (excludes halogenated alkanes) is 5. The lowest BCUT2D eigenvalue weighted by Gasteiger charge is -2.08. The van der Waals surface area contributed by atoms with E-state index in [-0.39, 0.29) is 5.97 Å². The van der Waals surface area contributed by atoms with Crippen LogP contribution in [0.25, 0.3) is 0 Å². The Morgan fingerprint density at radius 2 is 1.85 bits per heavy atom. The maximum absolute atomic E-state index is 11.9. The normalized spacial score (nSPS) is 10.3. The van der Waals surface area contributed by atoms with Gasteiger partial charge in [-0.25, -0.2) is 4.79 Å². The van der Waals surface area contributed by atoms with Gasteiger partial charge in [0.05, 0.1) is 19.3 Å². The first-order valence-corrected chi connectivity index (χ1v) is 7.29. The highest BCUT2D eigenvalue weighted by Gasteiger charge is 2.12. The summed E-state index contributed by atoms with van der Waals surface area (Å²) in [6.07, 6.45) is 6.98. The lowest BCUT2D eigenvalue weighted by Crippen LogP contribution is -2.09. The Morgan fingerprint density at radius 3 is 2.55 bits per heavy atom. The maximum Gasteiger partial charge on any atom is 0.340 e. The van der Waals surface area contributed by atoms with Crippen LogP contribution in [0.4, 0.5) is 5.69 Å². The number of rotatable bonds is 9. The minimum Gasteiger partial charge on any atom is -0.497 e. The summed E-state index contributed by atoms with van der Waals surface area (Å²) in [6, 6.07) is 4.99. The summed E-state index contributed by atoms with van der Waals surface area (Å²) in [5, 5.41) is 0. The van der Waals surface area contributed by atoms with E-state index >= 15 is 0 Å². The Bertz CT molecular complexity index is 418. The first-order chi connectivity index (χ1) is 9.69. The second kappa shape index (κ2) is 9.23. The third kappa shape index (κ3) is 5.51. The molecule has 0 aromatic heterocycles. The van der Waals surface area contributed by atoms with Gasteiger partial charge in [0.2, 0.25) is 0 Å². The largest absolute Gasteiger partial charge is 0.497 e. The minimum absolute atomic E-state index is 0.371. The molecule has 1 rings (SSSR count). The van der Waals surface area contributed by atoms with E-state index in [2.05, 4.69) is 6.92 Å². The summed E-state index contributed by atoms with van der Waals surface area (Å²) in [6.45, 7) is 2.64. The topological polar surface area (TPSA) is 61.5 Å². The van der Waals surface area contributed by atoms with E-state index in [1.807, 2.05) is 0 Å². The van der Waals surface area contributed by atoms with Crippen molar-refractivity contribution >= 4 is 11.7 Å². The van der Waals surface area contributed by atoms with Crippen LogP contribution >= 0.6 is 0 Å². The van der Waals surface area contributed by atoms with Crippen LogP contribution in [-0.2, 0) is 4.74 Å². The van der Waals surface area contributed by atoms with E-state index in [9.17, 15) is 4.79 Å². The molecule has 0 atom stereocenters. The molecule has 0 aliphatic rings. The second-order valence-electron chi connectivity index (χ2n) is 4.86. The van der Waals surface area contributed by atoms with Gasteiger partial charge in [0, 0.05) is 5.69 Å². The molecule has 1 aromatic rings. The summed E-state index contributed by atoms with van der Waals surface area (Å²) < 4.78 is 10.3. The van der Waals surface area contributed by atoms with Crippen molar-refractivity contribution in [2.45, 2.75) is 45.4 Å². The van der Waals surface area contributed by atoms with Crippen molar-refractivity contribution in [3.63, 3.8) is 0 Å². The van der Waals surface area contributed by atoms with Crippen molar-refractivity contribution in [2.75, 3.05) is 19.5 Å². The average Bonchev–Trinajstić information content (AvgIpc) is 2.46. The number of nitrogens with two attached hydrogens (primary N) is 1. The van der Waals surface area contributed by atoms with Crippen LogP contribution in [0, 0.1) is 0 Å². The van der Waals surface area contributed by atoms with Crippen LogP contribution in [0.5, 0.6) is 5.75 Å². The number of anilines is 1. The summed E-state index contributed by atoms with van der Waals surface area (Å²) in [5.41, 5.74) is 6.56. The van der Waals surface area contributed by atoms with Crippen LogP contribution in [0.3, 0.4) is 0 Å². The Kier molecular flexibility index (Phi) is 7.55. The van der Waals surface area contributed by atoms with Gasteiger partial charge in [0.1, 0.15) is 5.75 Å². The SMILES string of the molecule is CCCCCCCCOC(=O)c1cc(OC)ccc1N. The molecule has 0 bridgehead atoms. The fourth-order valence-electron chi connectivity index (χ4n) is 1.96. The number of hydrogen-bond donors (Lipinski definition) is 1. The van der Waals surface area contributed by atoms with Crippen LogP contribution in [-0.4, -0.2) is 19.7 Å². The molecule has 0 saturated heterocycles. The van der Waals surface area contributed by atoms with Crippen LogP contribution in [0.1, 0.15) is 55.8 Å². The van der Waals surface area contributed by atoms with E-state index in [1.165, 1.54) is 25.7 Å². The number of nitrogen functional groups attached to an aromatic ring is 1. The molecule has 2 N–H and O–H groups in total. The fourth-order valence-corrected chi connectivity index (χ4v) is 1.96. The summed E-state index contributed by atoms with van der Waals surface area (Å²) in [7, 11) is 1.55. The van der Waals surface area contributed by atoms with E-state index in [4.69, 9.17) is 15.2 Å². The molecule has 0 unspecified atom stereocenters. The van der Waals surface area contributed by atoms with E-state index < -0.39 is 0 Å². The lowest BCUT2D eigenvalue weighted by atomic mass is 10.1. The number of carbonyl (C=O) groups is 1. The smallest absolute Gasteiger partial charge is 0.340 e. The van der Waals surface area contributed by atoms with E-state index in [0.29, 0.717) is 23.6 Å². The molecule has 20 heavy (non-hydrogen) atoms. The highest BCUT2D eigenvalue weighted by molar-refractivity contribution is 5.95. The van der Waals surface area contributed by atoms with Gasteiger partial charge in [-0.1, -0.05) is 39.0 Å². The molecule has 4 heteroatoms. The second-order valence-corrected chi connectivity index (χ2v) is 4.86. The van der Waals surface area contributed by atoms with Crippen LogP contribution < -0.4 is 10.5 Å². The summed E-state index contributed by atoms with van der Waals surface area (Å²) in [4.78, 5) is 11.9. The third-order valence-corrected chi connectivity index (χ3v) is 3.21. The molecule has 4 nitrogen and oxygen atoms in total. The Hall–Kier alpha value is -1.71. The molecule has 0 radical (unpaired) electrons. The Balaban J connectivity index is 2.32. The summed E-state index contributed by atoms with van der Waals surface area (Å²) in [5.74, 6) is 0.223. The van der Waals surface area contributed by atoms with Crippen molar-refractivity contribution in [1.29, 1.82) is 0 Å². The molecular formula is C16H25NO3. The van der Waals surface area contributed by atoms with Crippen LogP contribution in [0.15, 0.2) is 18.2 Å². The molecule has 1 aromatic carbocycles. The molecule has 0 heterocycles. The molecule has 0 aliphatic heterocycles. The minimum atomic E-state index is -0.380. The highest BCUT2D eigenvalue weighted by atomic mass is 16.5. The number of hydrogen-bond acceptors (Lipinski definition) is 4. The molecule has 0 fully saturated rings.